The number of carbonyl (C=O) groups is 2. The van der Waals surface area contributed by atoms with Gasteiger partial charge in [0.2, 0.25) is 0 Å². The van der Waals surface area contributed by atoms with Gasteiger partial charge in [0, 0.05) is 0 Å². The van der Waals surface area contributed by atoms with Gasteiger partial charge in [0.15, 0.2) is 11.5 Å². The molecule has 25 heavy (non-hydrogen) atoms. The SMILES string of the molecule is COc1ccc(/C=N\N2C(=O)[C@@H]3[C@@H](C2=O)[C@H]2C=C[C@@H]3CC2)cc1OC. The Morgan fingerprint density at radius 1 is 1.00 bits per heavy atom. The van der Waals surface area contributed by atoms with Gasteiger partial charge >= 0.3 is 0 Å². The van der Waals surface area contributed by atoms with Gasteiger partial charge in [0.25, 0.3) is 11.8 Å². The number of ether oxygens (including phenoxy) is 2. The van der Waals surface area contributed by atoms with Crippen molar-refractivity contribution >= 4 is 18.0 Å². The van der Waals surface area contributed by atoms with E-state index in [2.05, 4.69) is 17.3 Å². The van der Waals surface area contributed by atoms with Crippen LogP contribution in [0, 0.1) is 23.7 Å². The van der Waals surface area contributed by atoms with E-state index in [1.165, 1.54) is 6.21 Å². The van der Waals surface area contributed by atoms with Crippen LogP contribution in [0.15, 0.2) is 35.5 Å². The monoisotopic (exact) mass is 340 g/mol. The van der Waals surface area contributed by atoms with Crippen molar-refractivity contribution in [1.82, 2.24) is 5.01 Å². The summed E-state index contributed by atoms with van der Waals surface area (Å²) in [5.74, 6) is 0.706. The fourth-order valence-electron chi connectivity index (χ4n) is 4.23. The molecule has 1 aromatic carbocycles. The first-order valence-electron chi connectivity index (χ1n) is 8.46. The zero-order valence-electron chi connectivity index (χ0n) is 14.2. The van der Waals surface area contributed by atoms with E-state index in [9.17, 15) is 9.59 Å². The van der Waals surface area contributed by atoms with E-state index in [0.29, 0.717) is 11.5 Å². The molecular formula is C19H20N2O4. The number of rotatable bonds is 4. The lowest BCUT2D eigenvalue weighted by molar-refractivity contribution is -0.140. The largest absolute Gasteiger partial charge is 0.493 e. The fraction of sp³-hybridized carbons (Fsp3) is 0.421. The van der Waals surface area contributed by atoms with E-state index in [-0.39, 0.29) is 35.5 Å². The highest BCUT2D eigenvalue weighted by molar-refractivity contribution is 6.06. The van der Waals surface area contributed by atoms with Gasteiger partial charge in [-0.3, -0.25) is 9.59 Å². The Morgan fingerprint density at radius 3 is 2.12 bits per heavy atom. The molecule has 1 aliphatic heterocycles. The van der Waals surface area contributed by atoms with Crippen LogP contribution >= 0.6 is 0 Å². The van der Waals surface area contributed by atoms with Crippen LogP contribution in [-0.2, 0) is 9.59 Å². The van der Waals surface area contributed by atoms with Crippen molar-refractivity contribution in [3.8, 4) is 11.5 Å². The van der Waals surface area contributed by atoms with Crippen molar-refractivity contribution in [3.63, 3.8) is 0 Å². The van der Waals surface area contributed by atoms with Crippen LogP contribution in [0.4, 0.5) is 0 Å². The summed E-state index contributed by atoms with van der Waals surface area (Å²) in [4.78, 5) is 25.4. The van der Waals surface area contributed by atoms with Crippen molar-refractivity contribution in [3.05, 3.63) is 35.9 Å². The number of amides is 2. The molecular weight excluding hydrogens is 320 g/mol. The molecule has 2 amide bonds. The number of carbonyl (C=O) groups excluding carboxylic acids is 2. The molecule has 1 aromatic rings. The number of fused-ring (bicyclic) bond motifs is 1. The summed E-state index contributed by atoms with van der Waals surface area (Å²) >= 11 is 0. The Hall–Kier alpha value is -2.63. The topological polar surface area (TPSA) is 68.2 Å². The average molecular weight is 340 g/mol. The Morgan fingerprint density at radius 2 is 1.60 bits per heavy atom. The summed E-state index contributed by atoms with van der Waals surface area (Å²) in [7, 11) is 3.12. The fourth-order valence-corrected chi connectivity index (χ4v) is 4.23. The van der Waals surface area contributed by atoms with Gasteiger partial charge in [0.1, 0.15) is 0 Å². The van der Waals surface area contributed by atoms with E-state index in [1.54, 1.807) is 32.4 Å². The van der Waals surface area contributed by atoms with Crippen molar-refractivity contribution < 1.29 is 19.1 Å². The predicted molar refractivity (Wildman–Crippen MR) is 91.3 cm³/mol. The maximum Gasteiger partial charge on any atom is 0.254 e. The maximum atomic E-state index is 12.7. The molecule has 1 saturated heterocycles. The smallest absolute Gasteiger partial charge is 0.254 e. The number of nitrogens with zero attached hydrogens (tertiary/aromatic N) is 2. The summed E-state index contributed by atoms with van der Waals surface area (Å²) in [6, 6.07) is 5.32. The summed E-state index contributed by atoms with van der Waals surface area (Å²) in [6.07, 6.45) is 7.68. The highest BCUT2D eigenvalue weighted by atomic mass is 16.5. The van der Waals surface area contributed by atoms with Gasteiger partial charge in [-0.2, -0.15) is 10.1 Å². The Kier molecular flexibility index (Phi) is 3.82. The lowest BCUT2D eigenvalue weighted by atomic mass is 9.63. The minimum atomic E-state index is -0.237. The van der Waals surface area contributed by atoms with E-state index in [0.717, 1.165) is 23.4 Å². The van der Waals surface area contributed by atoms with Gasteiger partial charge in [-0.15, -0.1) is 0 Å². The number of imide groups is 1. The molecule has 0 N–H and O–H groups in total. The zero-order chi connectivity index (χ0) is 17.6. The first-order valence-corrected chi connectivity index (χ1v) is 8.46. The minimum absolute atomic E-state index is 0.174. The van der Waals surface area contributed by atoms with Crippen LogP contribution in [0.1, 0.15) is 18.4 Å². The summed E-state index contributed by atoms with van der Waals surface area (Å²) < 4.78 is 10.5. The van der Waals surface area contributed by atoms with Gasteiger partial charge in [-0.25, -0.2) is 0 Å². The van der Waals surface area contributed by atoms with Gasteiger partial charge in [0.05, 0.1) is 32.3 Å². The summed E-state index contributed by atoms with van der Waals surface area (Å²) in [5, 5.41) is 5.25. The number of hydrogen-bond acceptors (Lipinski definition) is 5. The Labute approximate surface area is 146 Å². The molecule has 0 aromatic heterocycles. The molecule has 130 valence electrons. The summed E-state index contributed by atoms with van der Waals surface area (Å²) in [5.41, 5.74) is 0.731. The molecule has 0 radical (unpaired) electrons. The molecule has 0 spiro atoms. The van der Waals surface area contributed by atoms with Crippen LogP contribution in [0.25, 0.3) is 0 Å². The first kappa shape index (κ1) is 15.9. The average Bonchev–Trinajstić information content (AvgIpc) is 2.93. The van der Waals surface area contributed by atoms with Crippen molar-refractivity contribution in [2.45, 2.75) is 12.8 Å². The van der Waals surface area contributed by atoms with E-state index in [4.69, 9.17) is 9.47 Å². The molecule has 3 aliphatic carbocycles. The molecule has 0 unspecified atom stereocenters. The first-order chi connectivity index (χ1) is 12.1. The zero-order valence-corrected chi connectivity index (χ0v) is 14.2. The molecule has 4 aliphatic rings. The van der Waals surface area contributed by atoms with Crippen LogP contribution in [0.5, 0.6) is 11.5 Å². The summed E-state index contributed by atoms with van der Waals surface area (Å²) in [6.45, 7) is 0. The molecule has 5 rings (SSSR count). The highest BCUT2D eigenvalue weighted by Crippen LogP contribution is 2.49. The van der Waals surface area contributed by atoms with Crippen LogP contribution in [0.2, 0.25) is 0 Å². The Bertz CT molecular complexity index is 754. The predicted octanol–water partition coefficient (Wildman–Crippen LogP) is 2.23. The van der Waals surface area contributed by atoms with Crippen LogP contribution in [-0.4, -0.2) is 37.3 Å². The third-order valence-electron chi connectivity index (χ3n) is 5.47. The van der Waals surface area contributed by atoms with E-state index >= 15 is 0 Å². The standard InChI is InChI=1S/C19H20N2O4/c1-24-14-8-3-11(9-15(14)25-2)10-20-21-18(22)16-12-4-5-13(7-6-12)17(16)19(21)23/h3-5,8-10,12-13,16-17H,6-7H2,1-2H3/b20-10-/t12-,13+,16-,17-/m0/s1. The number of allylic oxidation sites excluding steroid dienone is 2. The van der Waals surface area contributed by atoms with Gasteiger partial charge in [-0.05, 0) is 48.4 Å². The molecule has 6 heteroatoms. The number of hydrogen-bond donors (Lipinski definition) is 0. The van der Waals surface area contributed by atoms with Gasteiger partial charge < -0.3 is 9.47 Å². The number of benzene rings is 1. The second kappa shape index (κ2) is 6.02. The third-order valence-corrected chi connectivity index (χ3v) is 5.47. The van der Waals surface area contributed by atoms with Crippen LogP contribution < -0.4 is 9.47 Å². The maximum absolute atomic E-state index is 12.7. The molecule has 6 nitrogen and oxygen atoms in total. The molecule has 2 bridgehead atoms. The molecule has 4 atom stereocenters. The van der Waals surface area contributed by atoms with Gasteiger partial charge in [-0.1, -0.05) is 12.2 Å². The second-order valence-corrected chi connectivity index (χ2v) is 6.69. The molecule has 1 saturated carbocycles. The van der Waals surface area contributed by atoms with Crippen LogP contribution in [0.3, 0.4) is 0 Å². The molecule has 2 fully saturated rings. The quantitative estimate of drug-likeness (QED) is 0.479. The van der Waals surface area contributed by atoms with Crippen molar-refractivity contribution in [2.24, 2.45) is 28.8 Å². The van der Waals surface area contributed by atoms with E-state index < -0.39 is 0 Å². The Balaban J connectivity index is 1.58. The third kappa shape index (κ3) is 2.44. The number of methoxy groups -OCH3 is 2. The lowest BCUT2D eigenvalue weighted by Crippen LogP contribution is -2.38. The number of hydrazone groups is 1. The van der Waals surface area contributed by atoms with E-state index in [1.807, 2.05) is 0 Å². The molecule has 1 heterocycles. The normalized spacial score (nSPS) is 30.2. The van der Waals surface area contributed by atoms with Crippen molar-refractivity contribution in [1.29, 1.82) is 0 Å². The lowest BCUT2D eigenvalue weighted by Gasteiger charge is -2.37. The van der Waals surface area contributed by atoms with Crippen molar-refractivity contribution in [2.75, 3.05) is 14.2 Å². The second-order valence-electron chi connectivity index (χ2n) is 6.69. The highest BCUT2D eigenvalue weighted by Gasteiger charge is 2.56. The minimum Gasteiger partial charge on any atom is -0.493 e.